The molecule has 0 saturated heterocycles. The zero-order valence-electron chi connectivity index (χ0n) is 16.4. The summed E-state index contributed by atoms with van der Waals surface area (Å²) < 4.78 is 5.09. The minimum Gasteiger partial charge on any atom is -0.338 e. The van der Waals surface area contributed by atoms with Crippen LogP contribution in [0, 0.1) is 22.7 Å². The number of nitrogens with one attached hydrogen (secondary N) is 2. The third-order valence-corrected chi connectivity index (χ3v) is 7.38. The Morgan fingerprint density at radius 3 is 2.61 bits per heavy atom. The predicted octanol–water partition coefficient (Wildman–Crippen LogP) is 4.05. The van der Waals surface area contributed by atoms with Gasteiger partial charge in [-0.05, 0) is 62.2 Å². The van der Waals surface area contributed by atoms with Crippen LogP contribution in [0.25, 0.3) is 0 Å². The molecule has 2 unspecified atom stereocenters. The second kappa shape index (κ2) is 7.85. The predicted molar refractivity (Wildman–Crippen MR) is 102 cm³/mol. The standard InChI is InChI=1S/C21H31N3O4/c25-17(24-27)12-16(11-15-3-1-2-4-15)13-21(9-8-20(14-21)6-7-20)19(26)23-18-5-10-22-28-18/h5,10,15-16,27H,1-4,6-9,11-14H2,(H,23,26)(H,24,25). The summed E-state index contributed by atoms with van der Waals surface area (Å²) in [6, 6.07) is 1.66. The summed E-state index contributed by atoms with van der Waals surface area (Å²) in [5, 5.41) is 15.6. The van der Waals surface area contributed by atoms with E-state index >= 15 is 0 Å². The Bertz CT molecular complexity index is 695. The normalized spacial score (nSPS) is 27.0. The molecule has 3 N–H and O–H groups in total. The van der Waals surface area contributed by atoms with Crippen LogP contribution in [0.4, 0.5) is 5.88 Å². The van der Waals surface area contributed by atoms with E-state index in [0.29, 0.717) is 23.6 Å². The number of hydrogen-bond donors (Lipinski definition) is 3. The monoisotopic (exact) mass is 389 g/mol. The van der Waals surface area contributed by atoms with E-state index in [9.17, 15) is 9.59 Å². The number of nitrogens with zero attached hydrogens (tertiary/aromatic N) is 1. The Hall–Kier alpha value is -1.89. The summed E-state index contributed by atoms with van der Waals surface area (Å²) in [4.78, 5) is 25.3. The highest BCUT2D eigenvalue weighted by atomic mass is 16.5. The van der Waals surface area contributed by atoms with Crippen LogP contribution in [0.1, 0.15) is 77.0 Å². The van der Waals surface area contributed by atoms with E-state index in [1.165, 1.54) is 44.7 Å². The zero-order valence-corrected chi connectivity index (χ0v) is 16.4. The fourth-order valence-electron chi connectivity index (χ4n) is 5.80. The summed E-state index contributed by atoms with van der Waals surface area (Å²) in [5.41, 5.74) is 1.65. The van der Waals surface area contributed by atoms with Crippen LogP contribution in [0.15, 0.2) is 16.8 Å². The Morgan fingerprint density at radius 2 is 2.00 bits per heavy atom. The molecule has 3 aliphatic rings. The van der Waals surface area contributed by atoms with E-state index in [4.69, 9.17) is 9.73 Å². The van der Waals surface area contributed by atoms with Crippen molar-refractivity contribution < 1.29 is 19.3 Å². The molecule has 3 aliphatic carbocycles. The number of hydrogen-bond acceptors (Lipinski definition) is 5. The molecule has 2 amide bonds. The van der Waals surface area contributed by atoms with Crippen molar-refractivity contribution in [1.29, 1.82) is 0 Å². The summed E-state index contributed by atoms with van der Waals surface area (Å²) >= 11 is 0. The average Bonchev–Trinajstić information content (AvgIpc) is 3.09. The van der Waals surface area contributed by atoms with Gasteiger partial charge in [-0.2, -0.15) is 0 Å². The van der Waals surface area contributed by atoms with Gasteiger partial charge in [0.1, 0.15) is 0 Å². The number of carbonyl (C=O) groups excluding carboxylic acids is 2. The van der Waals surface area contributed by atoms with Crippen molar-refractivity contribution in [2.75, 3.05) is 5.32 Å². The lowest BCUT2D eigenvalue weighted by Gasteiger charge is -2.33. The Labute approximate surface area is 165 Å². The number of carbonyl (C=O) groups is 2. The van der Waals surface area contributed by atoms with Crippen LogP contribution in [-0.4, -0.2) is 22.2 Å². The molecule has 1 aromatic rings. The first-order chi connectivity index (χ1) is 13.5. The second-order valence-corrected chi connectivity index (χ2v) is 9.48. The molecule has 154 valence electrons. The van der Waals surface area contributed by atoms with Crippen molar-refractivity contribution in [3.8, 4) is 0 Å². The molecule has 7 nitrogen and oxygen atoms in total. The van der Waals surface area contributed by atoms with Gasteiger partial charge in [0, 0.05) is 12.5 Å². The van der Waals surface area contributed by atoms with Crippen LogP contribution in [0.3, 0.4) is 0 Å². The number of amides is 2. The molecule has 28 heavy (non-hydrogen) atoms. The van der Waals surface area contributed by atoms with Crippen LogP contribution in [0.2, 0.25) is 0 Å². The molecule has 0 aliphatic heterocycles. The lowest BCUT2D eigenvalue weighted by molar-refractivity contribution is -0.132. The minimum absolute atomic E-state index is 0.00569. The molecular weight excluding hydrogens is 358 g/mol. The molecule has 7 heteroatoms. The first-order valence-corrected chi connectivity index (χ1v) is 10.7. The van der Waals surface area contributed by atoms with Crippen molar-refractivity contribution in [3.63, 3.8) is 0 Å². The molecule has 1 heterocycles. The quantitative estimate of drug-likeness (QED) is 0.460. The van der Waals surface area contributed by atoms with Gasteiger partial charge in [-0.25, -0.2) is 5.48 Å². The highest BCUT2D eigenvalue weighted by Gasteiger charge is 2.58. The second-order valence-electron chi connectivity index (χ2n) is 9.48. The number of anilines is 1. The maximum absolute atomic E-state index is 13.3. The van der Waals surface area contributed by atoms with Crippen molar-refractivity contribution in [3.05, 3.63) is 12.3 Å². The molecule has 4 rings (SSSR count). The van der Waals surface area contributed by atoms with Crippen LogP contribution < -0.4 is 10.8 Å². The van der Waals surface area contributed by atoms with Gasteiger partial charge in [0.2, 0.25) is 17.7 Å². The van der Waals surface area contributed by atoms with Crippen molar-refractivity contribution >= 4 is 17.7 Å². The van der Waals surface area contributed by atoms with E-state index < -0.39 is 5.41 Å². The maximum Gasteiger partial charge on any atom is 0.243 e. The third-order valence-electron chi connectivity index (χ3n) is 7.38. The van der Waals surface area contributed by atoms with Gasteiger partial charge in [0.05, 0.1) is 11.6 Å². The highest BCUT2D eigenvalue weighted by Crippen LogP contribution is 2.65. The summed E-state index contributed by atoms with van der Waals surface area (Å²) in [6.07, 6.45) is 13.6. The highest BCUT2D eigenvalue weighted by molar-refractivity contribution is 5.94. The van der Waals surface area contributed by atoms with Crippen molar-refractivity contribution in [2.45, 2.75) is 77.0 Å². The summed E-state index contributed by atoms with van der Waals surface area (Å²) in [6.45, 7) is 0. The van der Waals surface area contributed by atoms with Gasteiger partial charge in [0.25, 0.3) is 0 Å². The zero-order chi connectivity index (χ0) is 19.6. The van der Waals surface area contributed by atoms with Crippen LogP contribution in [0.5, 0.6) is 0 Å². The van der Waals surface area contributed by atoms with Crippen molar-refractivity contribution in [2.24, 2.45) is 22.7 Å². The van der Waals surface area contributed by atoms with Gasteiger partial charge in [-0.1, -0.05) is 30.8 Å². The van der Waals surface area contributed by atoms with E-state index in [1.807, 2.05) is 0 Å². The van der Waals surface area contributed by atoms with Gasteiger partial charge in [-0.15, -0.1) is 0 Å². The number of aromatic nitrogens is 1. The van der Waals surface area contributed by atoms with E-state index in [2.05, 4.69) is 10.5 Å². The summed E-state index contributed by atoms with van der Waals surface area (Å²) in [5.74, 6) is 0.745. The van der Waals surface area contributed by atoms with Crippen LogP contribution >= 0.6 is 0 Å². The average molecular weight is 389 g/mol. The minimum atomic E-state index is -0.470. The molecule has 0 bridgehead atoms. The smallest absolute Gasteiger partial charge is 0.243 e. The fourth-order valence-corrected chi connectivity index (χ4v) is 5.80. The fraction of sp³-hybridized carbons (Fsp3) is 0.762. The van der Waals surface area contributed by atoms with Crippen LogP contribution in [-0.2, 0) is 9.59 Å². The van der Waals surface area contributed by atoms with Gasteiger partial charge >= 0.3 is 0 Å². The van der Waals surface area contributed by atoms with E-state index in [1.54, 1.807) is 11.5 Å². The lowest BCUT2D eigenvalue weighted by atomic mass is 9.72. The first kappa shape index (κ1) is 19.4. The molecule has 2 atom stereocenters. The van der Waals surface area contributed by atoms with E-state index in [0.717, 1.165) is 25.7 Å². The van der Waals surface area contributed by atoms with E-state index in [-0.39, 0.29) is 24.2 Å². The number of rotatable bonds is 8. The van der Waals surface area contributed by atoms with Gasteiger partial charge in [0.15, 0.2) is 0 Å². The largest absolute Gasteiger partial charge is 0.338 e. The lowest BCUT2D eigenvalue weighted by Crippen LogP contribution is -2.37. The molecule has 3 saturated carbocycles. The molecular formula is C21H31N3O4. The van der Waals surface area contributed by atoms with Gasteiger partial charge in [-0.3, -0.25) is 20.1 Å². The first-order valence-electron chi connectivity index (χ1n) is 10.7. The molecule has 1 aromatic heterocycles. The van der Waals surface area contributed by atoms with Crippen molar-refractivity contribution in [1.82, 2.24) is 10.6 Å². The maximum atomic E-state index is 13.3. The molecule has 1 spiro atoms. The molecule has 0 radical (unpaired) electrons. The Balaban J connectivity index is 1.51. The SMILES string of the molecule is O=C(CC(CC1CCCC1)CC1(C(=O)Nc2ccno2)CCC2(CC2)C1)NO. The Kier molecular flexibility index (Phi) is 5.45. The third kappa shape index (κ3) is 4.24. The molecule has 3 fully saturated rings. The van der Waals surface area contributed by atoms with Gasteiger partial charge < -0.3 is 4.52 Å². The molecule has 0 aromatic carbocycles. The number of hydroxylamine groups is 1. The Morgan fingerprint density at radius 1 is 1.25 bits per heavy atom. The topological polar surface area (TPSA) is 104 Å². The summed E-state index contributed by atoms with van der Waals surface area (Å²) in [7, 11) is 0.